The largest absolute Gasteiger partial charge is 0.479 e. The van der Waals surface area contributed by atoms with Crippen LogP contribution in [0.4, 0.5) is 0 Å². The van der Waals surface area contributed by atoms with Crippen LogP contribution in [0.5, 0.6) is 5.75 Å². The second-order valence-electron chi connectivity index (χ2n) is 3.75. The highest BCUT2D eigenvalue weighted by Crippen LogP contribution is 2.20. The summed E-state index contributed by atoms with van der Waals surface area (Å²) in [6.45, 7) is 0.994. The summed E-state index contributed by atoms with van der Waals surface area (Å²) >= 11 is 0. The van der Waals surface area contributed by atoms with Crippen molar-refractivity contribution < 1.29 is 4.74 Å². The Bertz CT molecular complexity index is 366. The molecule has 2 rings (SSSR count). The predicted molar refractivity (Wildman–Crippen MR) is 57.4 cm³/mol. The number of benzene rings is 1. The summed E-state index contributed by atoms with van der Waals surface area (Å²) in [5, 5.41) is 11.8. The van der Waals surface area contributed by atoms with Crippen molar-refractivity contribution in [1.29, 1.82) is 5.26 Å². The Morgan fingerprint density at radius 3 is 3.07 bits per heavy atom. The van der Waals surface area contributed by atoms with Gasteiger partial charge in [-0.1, -0.05) is 12.1 Å². The molecule has 1 fully saturated rings. The van der Waals surface area contributed by atoms with Gasteiger partial charge < -0.3 is 10.1 Å². The van der Waals surface area contributed by atoms with Gasteiger partial charge in [0, 0.05) is 12.6 Å². The molecule has 0 unspecified atom stereocenters. The number of hydrogen-bond donors (Lipinski definition) is 1. The Kier molecular flexibility index (Phi) is 3.21. The van der Waals surface area contributed by atoms with E-state index in [-0.39, 0.29) is 6.61 Å². The van der Waals surface area contributed by atoms with Crippen LogP contribution >= 0.6 is 0 Å². The molecule has 0 spiro atoms. The van der Waals surface area contributed by atoms with Crippen LogP contribution in [-0.4, -0.2) is 12.6 Å². The molecule has 0 atom stereocenters. The first kappa shape index (κ1) is 10.0. The first-order valence-corrected chi connectivity index (χ1v) is 5.20. The van der Waals surface area contributed by atoms with E-state index in [0.29, 0.717) is 6.04 Å². The van der Waals surface area contributed by atoms with Crippen molar-refractivity contribution in [3.8, 4) is 11.8 Å². The summed E-state index contributed by atoms with van der Waals surface area (Å²) in [4.78, 5) is 0. The number of nitriles is 1. The lowest BCUT2D eigenvalue weighted by Gasteiger charge is -2.05. The lowest BCUT2D eigenvalue weighted by atomic mass is 10.2. The lowest BCUT2D eigenvalue weighted by Crippen LogP contribution is -2.15. The van der Waals surface area contributed by atoms with Crippen molar-refractivity contribution >= 4 is 0 Å². The first-order chi connectivity index (χ1) is 7.38. The molecule has 0 heterocycles. The molecule has 3 heteroatoms. The van der Waals surface area contributed by atoms with E-state index in [0.717, 1.165) is 12.3 Å². The van der Waals surface area contributed by atoms with Gasteiger partial charge in [0.2, 0.25) is 0 Å². The zero-order valence-corrected chi connectivity index (χ0v) is 8.57. The third kappa shape index (κ3) is 3.26. The highest BCUT2D eigenvalue weighted by atomic mass is 16.5. The zero-order chi connectivity index (χ0) is 10.5. The van der Waals surface area contributed by atoms with E-state index in [1.165, 1.54) is 18.4 Å². The molecule has 1 N–H and O–H groups in total. The molecule has 1 aromatic rings. The van der Waals surface area contributed by atoms with E-state index in [4.69, 9.17) is 10.00 Å². The van der Waals surface area contributed by atoms with E-state index in [9.17, 15) is 0 Å². The van der Waals surface area contributed by atoms with Gasteiger partial charge in [0.1, 0.15) is 11.8 Å². The molecule has 0 aromatic heterocycles. The summed E-state index contributed by atoms with van der Waals surface area (Å²) in [5.41, 5.74) is 1.21. The van der Waals surface area contributed by atoms with Gasteiger partial charge in [0.05, 0.1) is 0 Å². The molecule has 78 valence electrons. The van der Waals surface area contributed by atoms with Crippen LogP contribution in [0.15, 0.2) is 24.3 Å². The van der Waals surface area contributed by atoms with Crippen molar-refractivity contribution in [3.05, 3.63) is 29.8 Å². The Labute approximate surface area is 89.7 Å². The highest BCUT2D eigenvalue weighted by molar-refractivity contribution is 5.28. The minimum absolute atomic E-state index is 0.111. The molecule has 0 amide bonds. The van der Waals surface area contributed by atoms with E-state index in [2.05, 4.69) is 11.4 Å². The third-order valence-electron chi connectivity index (χ3n) is 2.37. The van der Waals surface area contributed by atoms with Gasteiger partial charge in [0.25, 0.3) is 0 Å². The third-order valence-corrected chi connectivity index (χ3v) is 2.37. The zero-order valence-electron chi connectivity index (χ0n) is 8.57. The number of nitrogens with zero attached hydrogens (tertiary/aromatic N) is 1. The number of rotatable bonds is 5. The lowest BCUT2D eigenvalue weighted by molar-refractivity contribution is 0.367. The molecule has 0 aliphatic heterocycles. The topological polar surface area (TPSA) is 45.0 Å². The standard InChI is InChI=1S/C12H14N2O/c13-6-7-15-12-3-1-2-10(8-12)9-14-11-4-5-11/h1-3,8,11,14H,4-5,7,9H2. The first-order valence-electron chi connectivity index (χ1n) is 5.20. The fraction of sp³-hybridized carbons (Fsp3) is 0.417. The second-order valence-corrected chi connectivity index (χ2v) is 3.75. The van der Waals surface area contributed by atoms with E-state index < -0.39 is 0 Å². The molecular weight excluding hydrogens is 188 g/mol. The fourth-order valence-electron chi connectivity index (χ4n) is 1.41. The van der Waals surface area contributed by atoms with Crippen LogP contribution in [-0.2, 0) is 6.54 Å². The van der Waals surface area contributed by atoms with Crippen LogP contribution < -0.4 is 10.1 Å². The number of nitrogens with one attached hydrogen (secondary N) is 1. The molecule has 0 bridgehead atoms. The molecule has 1 aliphatic rings. The van der Waals surface area contributed by atoms with Crippen molar-refractivity contribution in [2.24, 2.45) is 0 Å². The van der Waals surface area contributed by atoms with Gasteiger partial charge in [0.15, 0.2) is 6.61 Å². The minimum atomic E-state index is 0.111. The monoisotopic (exact) mass is 202 g/mol. The molecule has 3 nitrogen and oxygen atoms in total. The van der Waals surface area contributed by atoms with Gasteiger partial charge in [-0.25, -0.2) is 0 Å². The second kappa shape index (κ2) is 4.81. The molecule has 1 saturated carbocycles. The van der Waals surface area contributed by atoms with Gasteiger partial charge >= 0.3 is 0 Å². The van der Waals surface area contributed by atoms with Crippen LogP contribution in [0.1, 0.15) is 18.4 Å². The Hall–Kier alpha value is -1.53. The maximum absolute atomic E-state index is 8.39. The van der Waals surface area contributed by atoms with Crippen LogP contribution in [0.3, 0.4) is 0 Å². The molecular formula is C12H14N2O. The van der Waals surface area contributed by atoms with Crippen LogP contribution in [0.2, 0.25) is 0 Å². The molecule has 1 aliphatic carbocycles. The molecule has 15 heavy (non-hydrogen) atoms. The Morgan fingerprint density at radius 1 is 1.47 bits per heavy atom. The maximum Gasteiger partial charge on any atom is 0.174 e. The van der Waals surface area contributed by atoms with Gasteiger partial charge in [-0.2, -0.15) is 5.26 Å². The van der Waals surface area contributed by atoms with Gasteiger partial charge in [-0.3, -0.25) is 0 Å². The van der Waals surface area contributed by atoms with Gasteiger partial charge in [-0.05, 0) is 30.5 Å². The highest BCUT2D eigenvalue weighted by Gasteiger charge is 2.19. The summed E-state index contributed by atoms with van der Waals surface area (Å²) in [7, 11) is 0. The summed E-state index contributed by atoms with van der Waals surface area (Å²) < 4.78 is 5.23. The maximum atomic E-state index is 8.39. The number of ether oxygens (including phenoxy) is 1. The normalized spacial score (nSPS) is 14.6. The quantitative estimate of drug-likeness (QED) is 0.792. The Morgan fingerprint density at radius 2 is 2.33 bits per heavy atom. The van der Waals surface area contributed by atoms with E-state index in [1.807, 2.05) is 24.3 Å². The molecule has 0 saturated heterocycles. The van der Waals surface area contributed by atoms with E-state index in [1.54, 1.807) is 0 Å². The van der Waals surface area contributed by atoms with Crippen molar-refractivity contribution in [2.75, 3.05) is 6.61 Å². The van der Waals surface area contributed by atoms with Crippen molar-refractivity contribution in [3.63, 3.8) is 0 Å². The average Bonchev–Trinajstić information content (AvgIpc) is 3.08. The van der Waals surface area contributed by atoms with Crippen molar-refractivity contribution in [2.45, 2.75) is 25.4 Å². The number of hydrogen-bond acceptors (Lipinski definition) is 3. The predicted octanol–water partition coefficient (Wildman–Crippen LogP) is 1.84. The Balaban J connectivity index is 1.89. The van der Waals surface area contributed by atoms with Crippen LogP contribution in [0, 0.1) is 11.3 Å². The molecule has 0 radical (unpaired) electrons. The molecule has 1 aromatic carbocycles. The summed E-state index contributed by atoms with van der Waals surface area (Å²) in [6, 6.07) is 10.5. The minimum Gasteiger partial charge on any atom is -0.479 e. The summed E-state index contributed by atoms with van der Waals surface area (Å²) in [6.07, 6.45) is 2.59. The SMILES string of the molecule is N#CCOc1cccc(CNC2CC2)c1. The smallest absolute Gasteiger partial charge is 0.174 e. The average molecular weight is 202 g/mol. The summed E-state index contributed by atoms with van der Waals surface area (Å²) in [5.74, 6) is 0.770. The fourth-order valence-corrected chi connectivity index (χ4v) is 1.41. The van der Waals surface area contributed by atoms with Gasteiger partial charge in [-0.15, -0.1) is 0 Å². The van der Waals surface area contributed by atoms with Crippen LogP contribution in [0.25, 0.3) is 0 Å². The van der Waals surface area contributed by atoms with Crippen molar-refractivity contribution in [1.82, 2.24) is 5.32 Å². The van der Waals surface area contributed by atoms with E-state index >= 15 is 0 Å².